The molecule has 1 N–H and O–H groups in total. The number of fused-ring (bicyclic) bond motifs is 1. The smallest absolute Gasteiger partial charge is 0.305 e. The van der Waals surface area contributed by atoms with Crippen molar-refractivity contribution in [1.82, 2.24) is 4.57 Å². The highest BCUT2D eigenvalue weighted by atomic mass is 16.4. The van der Waals surface area contributed by atoms with E-state index in [0.717, 1.165) is 30.5 Å². The summed E-state index contributed by atoms with van der Waals surface area (Å²) in [5.41, 5.74) is 0.949. The van der Waals surface area contributed by atoms with Crippen LogP contribution >= 0.6 is 0 Å². The van der Waals surface area contributed by atoms with E-state index in [-0.39, 0.29) is 12.0 Å². The van der Waals surface area contributed by atoms with Crippen LogP contribution in [0.4, 0.5) is 5.69 Å². The van der Waals surface area contributed by atoms with Gasteiger partial charge in [-0.15, -0.1) is 0 Å². The predicted molar refractivity (Wildman–Crippen MR) is 88.6 cm³/mol. The molecule has 0 unspecified atom stereocenters. The van der Waals surface area contributed by atoms with E-state index in [0.29, 0.717) is 11.9 Å². The van der Waals surface area contributed by atoms with Crippen LogP contribution in [-0.4, -0.2) is 29.2 Å². The van der Waals surface area contributed by atoms with Gasteiger partial charge >= 0.3 is 5.97 Å². The zero-order chi connectivity index (χ0) is 16.1. The number of hydrogen-bond acceptors (Lipinski definition) is 3. The van der Waals surface area contributed by atoms with Crippen LogP contribution in [0.3, 0.4) is 0 Å². The molecule has 0 atom stereocenters. The SMILES string of the molecule is CCCCn1ccc2cc(N(C)CCC(=O)O)ccc2c1=O. The molecule has 0 aliphatic heterocycles. The van der Waals surface area contributed by atoms with Gasteiger partial charge in [-0.2, -0.15) is 0 Å². The standard InChI is InChI=1S/C17H22N2O3/c1-3-4-9-19-11-7-13-12-14(5-6-15(13)17(19)22)18(2)10-8-16(20)21/h5-7,11-12H,3-4,8-10H2,1-2H3,(H,20,21). The highest BCUT2D eigenvalue weighted by Crippen LogP contribution is 2.19. The van der Waals surface area contributed by atoms with E-state index in [1.807, 2.05) is 42.4 Å². The second-order valence-corrected chi connectivity index (χ2v) is 5.50. The molecule has 0 fully saturated rings. The number of anilines is 1. The van der Waals surface area contributed by atoms with Crippen LogP contribution in [0.25, 0.3) is 10.8 Å². The van der Waals surface area contributed by atoms with Gasteiger partial charge in [0.05, 0.1) is 6.42 Å². The lowest BCUT2D eigenvalue weighted by molar-refractivity contribution is -0.136. The number of carboxylic acids is 1. The number of aliphatic carboxylic acids is 1. The summed E-state index contributed by atoms with van der Waals surface area (Å²) < 4.78 is 1.75. The van der Waals surface area contributed by atoms with Crippen LogP contribution in [0.5, 0.6) is 0 Å². The maximum Gasteiger partial charge on any atom is 0.305 e. The van der Waals surface area contributed by atoms with Gasteiger partial charge < -0.3 is 14.6 Å². The summed E-state index contributed by atoms with van der Waals surface area (Å²) in [6, 6.07) is 7.58. The lowest BCUT2D eigenvalue weighted by Gasteiger charge is -2.18. The Hall–Kier alpha value is -2.30. The fraction of sp³-hybridized carbons (Fsp3) is 0.412. The van der Waals surface area contributed by atoms with E-state index in [2.05, 4.69) is 6.92 Å². The summed E-state index contributed by atoms with van der Waals surface area (Å²) >= 11 is 0. The van der Waals surface area contributed by atoms with E-state index in [4.69, 9.17) is 5.11 Å². The second-order valence-electron chi connectivity index (χ2n) is 5.50. The van der Waals surface area contributed by atoms with Gasteiger partial charge in [0.1, 0.15) is 0 Å². The van der Waals surface area contributed by atoms with Crippen LogP contribution in [0, 0.1) is 0 Å². The van der Waals surface area contributed by atoms with Crippen LogP contribution in [-0.2, 0) is 11.3 Å². The summed E-state index contributed by atoms with van der Waals surface area (Å²) in [6.07, 6.45) is 3.97. The molecule has 0 saturated carbocycles. The maximum absolute atomic E-state index is 12.4. The van der Waals surface area contributed by atoms with Crippen molar-refractivity contribution in [1.29, 1.82) is 0 Å². The molecule has 0 radical (unpaired) electrons. The number of carbonyl (C=O) groups is 1. The van der Waals surface area contributed by atoms with E-state index < -0.39 is 5.97 Å². The Kier molecular flexibility index (Phi) is 5.20. The van der Waals surface area contributed by atoms with Crippen molar-refractivity contribution < 1.29 is 9.90 Å². The van der Waals surface area contributed by atoms with Crippen molar-refractivity contribution in [3.05, 3.63) is 40.8 Å². The Morgan fingerprint density at radius 2 is 2.09 bits per heavy atom. The average molecular weight is 302 g/mol. The Morgan fingerprint density at radius 1 is 1.32 bits per heavy atom. The highest BCUT2D eigenvalue weighted by molar-refractivity contribution is 5.85. The average Bonchev–Trinajstić information content (AvgIpc) is 2.51. The normalized spacial score (nSPS) is 10.8. The predicted octanol–water partition coefficient (Wildman–Crippen LogP) is 2.71. The Bertz CT molecular complexity index is 721. The summed E-state index contributed by atoms with van der Waals surface area (Å²) in [5, 5.41) is 10.3. The molecule has 2 aromatic rings. The minimum absolute atomic E-state index is 0.0330. The fourth-order valence-electron chi connectivity index (χ4n) is 2.41. The quantitative estimate of drug-likeness (QED) is 0.854. The second kappa shape index (κ2) is 7.11. The van der Waals surface area contributed by atoms with Gasteiger partial charge in [-0.05, 0) is 36.1 Å². The van der Waals surface area contributed by atoms with Crippen molar-refractivity contribution in [3.63, 3.8) is 0 Å². The monoisotopic (exact) mass is 302 g/mol. The molecule has 0 bridgehead atoms. The zero-order valence-corrected chi connectivity index (χ0v) is 13.1. The van der Waals surface area contributed by atoms with Crippen LogP contribution in [0.1, 0.15) is 26.2 Å². The molecule has 0 aliphatic carbocycles. The molecule has 118 valence electrons. The highest BCUT2D eigenvalue weighted by Gasteiger charge is 2.07. The van der Waals surface area contributed by atoms with Crippen LogP contribution in [0.15, 0.2) is 35.3 Å². The minimum Gasteiger partial charge on any atom is -0.481 e. The van der Waals surface area contributed by atoms with Gasteiger partial charge in [0, 0.05) is 37.4 Å². The van der Waals surface area contributed by atoms with Gasteiger partial charge in [-0.3, -0.25) is 9.59 Å². The minimum atomic E-state index is -0.813. The number of rotatable bonds is 7. The van der Waals surface area contributed by atoms with Crippen LogP contribution in [0.2, 0.25) is 0 Å². The Labute approximate surface area is 129 Å². The third-order valence-corrected chi connectivity index (χ3v) is 3.81. The molecule has 0 amide bonds. The zero-order valence-electron chi connectivity index (χ0n) is 13.1. The van der Waals surface area contributed by atoms with Crippen molar-refractivity contribution in [2.75, 3.05) is 18.5 Å². The molecule has 22 heavy (non-hydrogen) atoms. The Balaban J connectivity index is 2.28. The summed E-state index contributed by atoms with van der Waals surface area (Å²) in [5.74, 6) is -0.813. The lowest BCUT2D eigenvalue weighted by Crippen LogP contribution is -2.22. The van der Waals surface area contributed by atoms with E-state index in [1.165, 1.54) is 0 Å². The fourth-order valence-corrected chi connectivity index (χ4v) is 2.41. The summed E-state index contributed by atoms with van der Waals surface area (Å²) in [4.78, 5) is 24.9. The molecule has 5 heteroatoms. The van der Waals surface area contributed by atoms with Crippen molar-refractivity contribution in [3.8, 4) is 0 Å². The topological polar surface area (TPSA) is 62.5 Å². The molecule has 0 saturated heterocycles. The summed E-state index contributed by atoms with van der Waals surface area (Å²) in [7, 11) is 1.85. The first-order valence-corrected chi connectivity index (χ1v) is 7.59. The number of carboxylic acid groups (broad SMARTS) is 1. The summed E-state index contributed by atoms with van der Waals surface area (Å²) in [6.45, 7) is 3.28. The third kappa shape index (κ3) is 3.67. The third-order valence-electron chi connectivity index (χ3n) is 3.81. The lowest BCUT2D eigenvalue weighted by atomic mass is 10.1. The van der Waals surface area contributed by atoms with Gasteiger partial charge in [0.25, 0.3) is 5.56 Å². The molecule has 5 nitrogen and oxygen atoms in total. The first-order valence-electron chi connectivity index (χ1n) is 7.59. The number of aromatic nitrogens is 1. The van der Waals surface area contributed by atoms with Gasteiger partial charge in [0.2, 0.25) is 0 Å². The van der Waals surface area contributed by atoms with Gasteiger partial charge in [-0.1, -0.05) is 13.3 Å². The molecule has 1 aromatic carbocycles. The maximum atomic E-state index is 12.4. The first kappa shape index (κ1) is 16.1. The molecule has 1 heterocycles. The largest absolute Gasteiger partial charge is 0.481 e. The molecule has 0 aliphatic rings. The van der Waals surface area contributed by atoms with E-state index >= 15 is 0 Å². The molecular weight excluding hydrogens is 280 g/mol. The van der Waals surface area contributed by atoms with Gasteiger partial charge in [0.15, 0.2) is 0 Å². The van der Waals surface area contributed by atoms with Gasteiger partial charge in [-0.25, -0.2) is 0 Å². The van der Waals surface area contributed by atoms with E-state index in [1.54, 1.807) is 4.57 Å². The molecule has 1 aromatic heterocycles. The van der Waals surface area contributed by atoms with Crippen molar-refractivity contribution >= 4 is 22.4 Å². The van der Waals surface area contributed by atoms with Crippen molar-refractivity contribution in [2.24, 2.45) is 0 Å². The number of unbranched alkanes of at least 4 members (excludes halogenated alkanes) is 1. The van der Waals surface area contributed by atoms with Crippen molar-refractivity contribution in [2.45, 2.75) is 32.7 Å². The number of aryl methyl sites for hydroxylation is 1. The van der Waals surface area contributed by atoms with Crippen LogP contribution < -0.4 is 10.5 Å². The molecular formula is C17H22N2O3. The molecule has 0 spiro atoms. The number of hydrogen-bond donors (Lipinski definition) is 1. The Morgan fingerprint density at radius 3 is 2.77 bits per heavy atom. The van der Waals surface area contributed by atoms with E-state index in [9.17, 15) is 9.59 Å². The number of nitrogens with zero attached hydrogens (tertiary/aromatic N) is 2. The first-order chi connectivity index (χ1) is 10.5. The molecule has 2 rings (SSSR count). The number of pyridine rings is 1. The number of benzene rings is 1.